The molecule has 1 fully saturated rings. The van der Waals surface area contributed by atoms with Gasteiger partial charge in [-0.15, -0.1) is 11.8 Å². The highest BCUT2D eigenvalue weighted by Crippen LogP contribution is 2.07. The smallest absolute Gasteiger partial charge is 0.326 e. The molecule has 0 bridgehead atoms. The van der Waals surface area contributed by atoms with Crippen molar-refractivity contribution in [3.05, 3.63) is 0 Å². The van der Waals surface area contributed by atoms with Crippen molar-refractivity contribution in [3.63, 3.8) is 0 Å². The standard InChI is InChI=1S/C12H20N2O5S/c1-9(12(17)18)13(2)10(15)7-20-8-11(16)14-3-5-19-6-4-14/h9H,3-8H2,1-2H3,(H,17,18). The first kappa shape index (κ1) is 16.8. The molecule has 2 amide bonds. The minimum atomic E-state index is -1.05. The number of likely N-dealkylation sites (N-methyl/N-ethyl adjacent to an activating group) is 1. The lowest BCUT2D eigenvalue weighted by Gasteiger charge is -2.27. The Morgan fingerprint density at radius 3 is 2.45 bits per heavy atom. The number of amides is 2. The second-order valence-electron chi connectivity index (χ2n) is 4.50. The average molecular weight is 304 g/mol. The normalized spacial score (nSPS) is 16.6. The molecule has 20 heavy (non-hydrogen) atoms. The monoisotopic (exact) mass is 304 g/mol. The van der Waals surface area contributed by atoms with E-state index in [0.717, 1.165) is 0 Å². The summed E-state index contributed by atoms with van der Waals surface area (Å²) in [6.07, 6.45) is 0. The fourth-order valence-corrected chi connectivity index (χ4v) is 2.45. The van der Waals surface area contributed by atoms with Gasteiger partial charge in [-0.05, 0) is 6.92 Å². The van der Waals surface area contributed by atoms with Gasteiger partial charge in [0.05, 0.1) is 24.7 Å². The SMILES string of the molecule is CC(C(=O)O)N(C)C(=O)CSCC(=O)N1CCOCC1. The van der Waals surface area contributed by atoms with E-state index in [0.29, 0.717) is 26.3 Å². The highest BCUT2D eigenvalue weighted by Gasteiger charge is 2.22. The number of rotatable bonds is 6. The average Bonchev–Trinajstić information content (AvgIpc) is 2.46. The van der Waals surface area contributed by atoms with Crippen LogP contribution in [0.3, 0.4) is 0 Å². The lowest BCUT2D eigenvalue weighted by Crippen LogP contribution is -2.42. The summed E-state index contributed by atoms with van der Waals surface area (Å²) < 4.78 is 5.16. The van der Waals surface area contributed by atoms with Crippen LogP contribution in [0.15, 0.2) is 0 Å². The maximum Gasteiger partial charge on any atom is 0.326 e. The molecule has 0 aromatic heterocycles. The van der Waals surface area contributed by atoms with Crippen LogP contribution in [0, 0.1) is 0 Å². The first-order valence-electron chi connectivity index (χ1n) is 6.35. The number of ether oxygens (including phenoxy) is 1. The number of carboxylic acid groups (broad SMARTS) is 1. The summed E-state index contributed by atoms with van der Waals surface area (Å²) in [5, 5.41) is 8.81. The highest BCUT2D eigenvalue weighted by atomic mass is 32.2. The first-order chi connectivity index (χ1) is 9.43. The number of carbonyl (C=O) groups excluding carboxylic acids is 2. The summed E-state index contributed by atoms with van der Waals surface area (Å²) in [5.74, 6) is -1.03. The maximum absolute atomic E-state index is 11.8. The van der Waals surface area contributed by atoms with E-state index in [1.807, 2.05) is 0 Å². The lowest BCUT2D eigenvalue weighted by molar-refractivity contribution is -0.147. The predicted molar refractivity (Wildman–Crippen MR) is 74.6 cm³/mol. The van der Waals surface area contributed by atoms with Crippen LogP contribution in [0.5, 0.6) is 0 Å². The number of carboxylic acids is 1. The van der Waals surface area contributed by atoms with Gasteiger partial charge < -0.3 is 19.6 Å². The topological polar surface area (TPSA) is 87.2 Å². The number of hydrogen-bond donors (Lipinski definition) is 1. The molecule has 1 saturated heterocycles. The summed E-state index contributed by atoms with van der Waals surface area (Å²) in [6.45, 7) is 3.72. The van der Waals surface area contributed by atoms with Crippen molar-refractivity contribution in [1.29, 1.82) is 0 Å². The molecule has 0 aliphatic carbocycles. The maximum atomic E-state index is 11.8. The van der Waals surface area contributed by atoms with Gasteiger partial charge in [0.2, 0.25) is 11.8 Å². The van der Waals surface area contributed by atoms with Gasteiger partial charge in [-0.25, -0.2) is 4.79 Å². The van der Waals surface area contributed by atoms with Gasteiger partial charge in [0.1, 0.15) is 6.04 Å². The molecule has 1 aliphatic heterocycles. The van der Waals surface area contributed by atoms with Crippen LogP contribution in [0.2, 0.25) is 0 Å². The van der Waals surface area contributed by atoms with Gasteiger partial charge in [-0.3, -0.25) is 9.59 Å². The number of thioether (sulfide) groups is 1. The Labute approximate surface area is 122 Å². The molecular formula is C12H20N2O5S. The van der Waals surface area contributed by atoms with Crippen molar-refractivity contribution in [1.82, 2.24) is 9.80 Å². The Kier molecular flexibility index (Phi) is 6.80. The van der Waals surface area contributed by atoms with Crippen LogP contribution < -0.4 is 0 Å². The summed E-state index contributed by atoms with van der Waals surface area (Å²) in [7, 11) is 1.45. The van der Waals surface area contributed by atoms with E-state index >= 15 is 0 Å². The largest absolute Gasteiger partial charge is 0.480 e. The lowest BCUT2D eigenvalue weighted by atomic mass is 10.3. The first-order valence-corrected chi connectivity index (χ1v) is 7.50. The van der Waals surface area contributed by atoms with Crippen molar-refractivity contribution >= 4 is 29.5 Å². The van der Waals surface area contributed by atoms with Crippen LogP contribution in [0.4, 0.5) is 0 Å². The Morgan fingerprint density at radius 2 is 1.90 bits per heavy atom. The second-order valence-corrected chi connectivity index (χ2v) is 5.49. The highest BCUT2D eigenvalue weighted by molar-refractivity contribution is 8.00. The van der Waals surface area contributed by atoms with Crippen LogP contribution in [-0.2, 0) is 19.1 Å². The molecule has 1 atom stereocenters. The minimum absolute atomic E-state index is 0.0139. The van der Waals surface area contributed by atoms with Crippen molar-refractivity contribution in [2.24, 2.45) is 0 Å². The van der Waals surface area contributed by atoms with E-state index < -0.39 is 12.0 Å². The number of nitrogens with zero attached hydrogens (tertiary/aromatic N) is 2. The molecule has 0 spiro atoms. The van der Waals surface area contributed by atoms with E-state index in [9.17, 15) is 14.4 Å². The third-order valence-electron chi connectivity index (χ3n) is 3.15. The Hall–Kier alpha value is -1.28. The van der Waals surface area contributed by atoms with Crippen molar-refractivity contribution in [2.75, 3.05) is 44.9 Å². The van der Waals surface area contributed by atoms with Gasteiger partial charge >= 0.3 is 5.97 Å². The molecule has 0 aromatic carbocycles. The minimum Gasteiger partial charge on any atom is -0.480 e. The number of hydrogen-bond acceptors (Lipinski definition) is 5. The molecule has 1 rings (SSSR count). The van der Waals surface area contributed by atoms with Crippen molar-refractivity contribution < 1.29 is 24.2 Å². The van der Waals surface area contributed by atoms with Gasteiger partial charge in [0, 0.05) is 20.1 Å². The van der Waals surface area contributed by atoms with E-state index in [2.05, 4.69) is 0 Å². The summed E-state index contributed by atoms with van der Waals surface area (Å²) in [4.78, 5) is 37.2. The number of carbonyl (C=O) groups is 3. The van der Waals surface area contributed by atoms with Crippen LogP contribution in [-0.4, -0.2) is 83.6 Å². The van der Waals surface area contributed by atoms with E-state index in [4.69, 9.17) is 9.84 Å². The summed E-state index contributed by atoms with van der Waals surface area (Å²) >= 11 is 1.20. The predicted octanol–water partition coefficient (Wildman–Crippen LogP) is -0.490. The molecule has 8 heteroatoms. The third-order valence-corrected chi connectivity index (χ3v) is 4.05. The van der Waals surface area contributed by atoms with Gasteiger partial charge in [0.25, 0.3) is 0 Å². The molecule has 1 N–H and O–H groups in total. The summed E-state index contributed by atoms with van der Waals surface area (Å²) in [5.41, 5.74) is 0. The molecule has 7 nitrogen and oxygen atoms in total. The molecule has 1 heterocycles. The fraction of sp³-hybridized carbons (Fsp3) is 0.750. The number of morpholine rings is 1. The number of aliphatic carboxylic acids is 1. The zero-order chi connectivity index (χ0) is 15.1. The van der Waals surface area contributed by atoms with Gasteiger partial charge in [-0.1, -0.05) is 0 Å². The van der Waals surface area contributed by atoms with Crippen LogP contribution >= 0.6 is 11.8 Å². The van der Waals surface area contributed by atoms with Crippen molar-refractivity contribution in [2.45, 2.75) is 13.0 Å². The van der Waals surface area contributed by atoms with Gasteiger partial charge in [0.15, 0.2) is 0 Å². The Morgan fingerprint density at radius 1 is 1.30 bits per heavy atom. The Bertz CT molecular complexity index is 371. The van der Waals surface area contributed by atoms with Crippen molar-refractivity contribution in [3.8, 4) is 0 Å². The molecule has 114 valence electrons. The van der Waals surface area contributed by atoms with Crippen LogP contribution in [0.1, 0.15) is 6.92 Å². The Balaban J connectivity index is 2.27. The van der Waals surface area contributed by atoms with Gasteiger partial charge in [-0.2, -0.15) is 0 Å². The fourth-order valence-electron chi connectivity index (χ4n) is 1.61. The second kappa shape index (κ2) is 8.11. The zero-order valence-electron chi connectivity index (χ0n) is 11.7. The molecule has 1 aliphatic rings. The van der Waals surface area contributed by atoms with E-state index in [1.165, 1.54) is 30.6 Å². The van der Waals surface area contributed by atoms with Crippen LogP contribution in [0.25, 0.3) is 0 Å². The molecule has 0 aromatic rings. The quantitative estimate of drug-likeness (QED) is 0.712. The molecule has 1 unspecified atom stereocenters. The molecular weight excluding hydrogens is 284 g/mol. The van der Waals surface area contributed by atoms with E-state index in [-0.39, 0.29) is 23.3 Å². The molecule has 0 saturated carbocycles. The van der Waals surface area contributed by atoms with E-state index in [1.54, 1.807) is 4.90 Å². The zero-order valence-corrected chi connectivity index (χ0v) is 12.5. The summed E-state index contributed by atoms with van der Waals surface area (Å²) in [6, 6.07) is -0.863. The molecule has 0 radical (unpaired) electrons. The third kappa shape index (κ3) is 5.01.